The number of esters is 2. The number of ether oxygens (including phenoxy) is 3. The average Bonchev–Trinajstić information content (AvgIpc) is 2.87. The molecule has 0 aromatic heterocycles. The summed E-state index contributed by atoms with van der Waals surface area (Å²) in [6.07, 6.45) is -0.453. The summed E-state index contributed by atoms with van der Waals surface area (Å²) < 4.78 is 52.3. The predicted octanol–water partition coefficient (Wildman–Crippen LogP) is 3.59. The van der Waals surface area contributed by atoms with Crippen LogP contribution >= 0.6 is 22.6 Å². The van der Waals surface area contributed by atoms with E-state index in [9.17, 15) is 32.9 Å². The van der Waals surface area contributed by atoms with E-state index in [4.69, 9.17) is 0 Å². The van der Waals surface area contributed by atoms with Crippen molar-refractivity contribution in [2.75, 3.05) is 19.1 Å². The van der Waals surface area contributed by atoms with Gasteiger partial charge in [-0.2, -0.15) is 0 Å². The highest BCUT2D eigenvalue weighted by Gasteiger charge is 2.38. The first-order chi connectivity index (χ1) is 14.0. The summed E-state index contributed by atoms with van der Waals surface area (Å²) >= 11 is 1.58. The highest BCUT2D eigenvalue weighted by molar-refractivity contribution is 14.1. The molecule has 1 heterocycles. The topological polar surface area (TPSA) is 108 Å². The monoisotopic (exact) mass is 540 g/mol. The van der Waals surface area contributed by atoms with Crippen molar-refractivity contribution in [3.8, 4) is 5.75 Å². The van der Waals surface area contributed by atoms with Crippen molar-refractivity contribution in [1.29, 1.82) is 0 Å². The van der Waals surface area contributed by atoms with E-state index < -0.39 is 51.6 Å². The average molecular weight is 540 g/mol. The SMILES string of the molecule is COC(=O)C1=C(C(=O)OC)N(c2c(OC(F)(F)F)cc(I)cc2[N+](=O)[O-])C=CC=C1. The largest absolute Gasteiger partial charge is 0.573 e. The number of alkyl halides is 3. The molecular weight excluding hydrogens is 528 g/mol. The molecule has 2 rings (SSSR count). The van der Waals surface area contributed by atoms with Gasteiger partial charge in [0.05, 0.1) is 24.7 Å². The van der Waals surface area contributed by atoms with Gasteiger partial charge in [-0.3, -0.25) is 10.1 Å². The summed E-state index contributed by atoms with van der Waals surface area (Å²) in [5, 5.41) is 11.6. The van der Waals surface area contributed by atoms with Crippen LogP contribution in [-0.4, -0.2) is 37.4 Å². The van der Waals surface area contributed by atoms with Gasteiger partial charge in [-0.25, -0.2) is 9.59 Å². The lowest BCUT2D eigenvalue weighted by Gasteiger charge is -2.25. The fourth-order valence-electron chi connectivity index (χ4n) is 2.48. The van der Waals surface area contributed by atoms with Gasteiger partial charge in [-0.15, -0.1) is 13.2 Å². The molecule has 0 radical (unpaired) electrons. The van der Waals surface area contributed by atoms with Crippen LogP contribution in [-0.2, 0) is 19.1 Å². The van der Waals surface area contributed by atoms with Crippen molar-refractivity contribution in [2.45, 2.75) is 6.36 Å². The quantitative estimate of drug-likeness (QED) is 0.242. The van der Waals surface area contributed by atoms with Crippen LogP contribution in [0.4, 0.5) is 24.5 Å². The predicted molar refractivity (Wildman–Crippen MR) is 104 cm³/mol. The Bertz CT molecular complexity index is 986. The molecule has 0 unspecified atom stereocenters. The highest BCUT2D eigenvalue weighted by atomic mass is 127. The van der Waals surface area contributed by atoms with Crippen LogP contribution in [0.25, 0.3) is 0 Å². The molecule has 1 aromatic carbocycles. The minimum atomic E-state index is -5.19. The number of halogens is 4. The van der Waals surface area contributed by atoms with Gasteiger partial charge in [0, 0.05) is 15.8 Å². The van der Waals surface area contributed by atoms with Crippen LogP contribution in [0, 0.1) is 13.7 Å². The zero-order valence-corrected chi connectivity index (χ0v) is 17.4. The lowest BCUT2D eigenvalue weighted by molar-refractivity contribution is -0.384. The van der Waals surface area contributed by atoms with E-state index in [-0.39, 0.29) is 3.57 Å². The molecule has 1 aliphatic heterocycles. The lowest BCUT2D eigenvalue weighted by Crippen LogP contribution is -2.29. The number of carbonyl (C=O) groups is 2. The number of allylic oxidation sites excluding steroid dienone is 2. The Morgan fingerprint density at radius 3 is 2.30 bits per heavy atom. The zero-order chi connectivity index (χ0) is 22.6. The van der Waals surface area contributed by atoms with Crippen LogP contribution in [0.2, 0.25) is 0 Å². The van der Waals surface area contributed by atoms with Gasteiger partial charge >= 0.3 is 18.3 Å². The summed E-state index contributed by atoms with van der Waals surface area (Å²) in [4.78, 5) is 36.0. The third kappa shape index (κ3) is 5.08. The Balaban J connectivity index is 2.92. The summed E-state index contributed by atoms with van der Waals surface area (Å²) in [7, 11) is 1.99. The number of hydrogen-bond donors (Lipinski definition) is 0. The number of nitro groups is 1. The molecule has 0 saturated carbocycles. The number of carbonyl (C=O) groups excluding carboxylic acids is 2. The van der Waals surface area contributed by atoms with Crippen molar-refractivity contribution in [1.82, 2.24) is 0 Å². The molecule has 1 aromatic rings. The van der Waals surface area contributed by atoms with E-state index in [0.717, 1.165) is 38.6 Å². The number of nitrogens with zero attached hydrogens (tertiary/aromatic N) is 2. The van der Waals surface area contributed by atoms with Crippen molar-refractivity contribution >= 4 is 45.9 Å². The van der Waals surface area contributed by atoms with Crippen LogP contribution in [0.5, 0.6) is 5.75 Å². The van der Waals surface area contributed by atoms with Gasteiger partial charge in [0.25, 0.3) is 5.69 Å². The van der Waals surface area contributed by atoms with E-state index in [1.807, 2.05) is 0 Å². The first-order valence-corrected chi connectivity index (χ1v) is 8.86. The van der Waals surface area contributed by atoms with E-state index >= 15 is 0 Å². The molecule has 0 atom stereocenters. The van der Waals surface area contributed by atoms with Crippen LogP contribution in [0.3, 0.4) is 0 Å². The minimum Gasteiger partial charge on any atom is -0.465 e. The minimum absolute atomic E-state index is 0.0658. The van der Waals surface area contributed by atoms with E-state index in [0.29, 0.717) is 4.90 Å². The Labute approximate surface area is 180 Å². The molecule has 0 N–H and O–H groups in total. The Hall–Kier alpha value is -3.10. The zero-order valence-electron chi connectivity index (χ0n) is 15.2. The molecule has 0 aliphatic carbocycles. The summed E-state index contributed by atoms with van der Waals surface area (Å²) in [6.45, 7) is 0. The first kappa shape index (κ1) is 23.2. The van der Waals surface area contributed by atoms with Crippen molar-refractivity contribution in [2.24, 2.45) is 0 Å². The third-order valence-corrected chi connectivity index (χ3v) is 4.19. The maximum Gasteiger partial charge on any atom is 0.573 e. The molecule has 9 nitrogen and oxygen atoms in total. The normalized spacial score (nSPS) is 13.7. The molecule has 30 heavy (non-hydrogen) atoms. The van der Waals surface area contributed by atoms with Crippen molar-refractivity contribution in [3.63, 3.8) is 0 Å². The van der Waals surface area contributed by atoms with Gasteiger partial charge in [0.15, 0.2) is 11.4 Å². The molecule has 0 bridgehead atoms. The van der Waals surface area contributed by atoms with Gasteiger partial charge in [0.2, 0.25) is 0 Å². The fraction of sp³-hybridized carbons (Fsp3) is 0.176. The molecular formula is C17H12F3IN2O7. The molecule has 0 saturated heterocycles. The molecule has 13 heteroatoms. The summed E-state index contributed by atoms with van der Waals surface area (Å²) in [5.74, 6) is -3.14. The van der Waals surface area contributed by atoms with Crippen molar-refractivity contribution < 1.29 is 41.9 Å². The Kier molecular flexibility index (Phi) is 7.07. The molecule has 160 valence electrons. The van der Waals surface area contributed by atoms with Crippen LogP contribution < -0.4 is 9.64 Å². The van der Waals surface area contributed by atoms with Gasteiger partial charge in [-0.1, -0.05) is 6.08 Å². The third-order valence-electron chi connectivity index (χ3n) is 3.57. The second-order valence-corrected chi connectivity index (χ2v) is 6.64. The van der Waals surface area contributed by atoms with E-state index in [1.165, 1.54) is 12.2 Å². The van der Waals surface area contributed by atoms with Crippen LogP contribution in [0.1, 0.15) is 0 Å². The molecule has 0 amide bonds. The molecule has 1 aliphatic rings. The number of rotatable bonds is 5. The molecule has 0 spiro atoms. The highest BCUT2D eigenvalue weighted by Crippen LogP contribution is 2.44. The Morgan fingerprint density at radius 1 is 1.13 bits per heavy atom. The molecule has 0 fully saturated rings. The van der Waals surface area contributed by atoms with Crippen molar-refractivity contribution in [3.05, 3.63) is 61.5 Å². The first-order valence-electron chi connectivity index (χ1n) is 7.78. The van der Waals surface area contributed by atoms with Crippen LogP contribution in [0.15, 0.2) is 47.8 Å². The van der Waals surface area contributed by atoms with E-state index in [1.54, 1.807) is 22.6 Å². The van der Waals surface area contributed by atoms with Gasteiger partial charge in [0.1, 0.15) is 5.70 Å². The second kappa shape index (κ2) is 9.15. The van der Waals surface area contributed by atoms with Gasteiger partial charge in [-0.05, 0) is 40.8 Å². The lowest BCUT2D eigenvalue weighted by atomic mass is 10.1. The summed E-state index contributed by atoms with van der Waals surface area (Å²) in [6, 6.07) is 1.88. The number of hydrogen-bond acceptors (Lipinski definition) is 8. The van der Waals surface area contributed by atoms with E-state index in [2.05, 4.69) is 14.2 Å². The smallest absolute Gasteiger partial charge is 0.465 e. The number of methoxy groups -OCH3 is 2. The number of anilines is 1. The standard InChI is InChI=1S/C17H12F3IN2O7/c1-28-15(24)10-5-3-4-6-22(13(10)16(25)29-2)14-11(23(26)27)7-9(21)8-12(14)30-17(18,19)20/h3-8H,1-2H3. The Morgan fingerprint density at radius 2 is 1.77 bits per heavy atom. The maximum atomic E-state index is 13.0. The second-order valence-electron chi connectivity index (χ2n) is 5.39. The fourth-order valence-corrected chi connectivity index (χ4v) is 3.06. The number of benzene rings is 1. The summed E-state index contributed by atoms with van der Waals surface area (Å²) in [5.41, 5.74) is -2.55. The van der Waals surface area contributed by atoms with Gasteiger partial charge < -0.3 is 19.1 Å². The maximum absolute atomic E-state index is 13.0. The number of nitro benzene ring substituents is 1.